The van der Waals surface area contributed by atoms with Crippen molar-refractivity contribution in [2.24, 2.45) is 0 Å². The summed E-state index contributed by atoms with van der Waals surface area (Å²) >= 11 is 3.98. The summed E-state index contributed by atoms with van der Waals surface area (Å²) in [4.78, 5) is 63.3. The van der Waals surface area contributed by atoms with Crippen molar-refractivity contribution in [3.8, 4) is 0 Å². The highest BCUT2D eigenvalue weighted by Crippen LogP contribution is 2.49. The molecule has 0 aliphatic carbocycles. The molecule has 3 unspecified atom stereocenters. The van der Waals surface area contributed by atoms with Crippen LogP contribution in [-0.2, 0) is 32.9 Å². The number of nitrogens with one attached hydrogen (secondary N) is 2. The fraction of sp³-hybridized carbons (Fsp3) is 0.720. The number of aliphatic carboxylic acids is 1. The van der Waals surface area contributed by atoms with Crippen LogP contribution < -0.4 is 22.1 Å². The molecule has 1 aromatic heterocycles. The Balaban J connectivity index is 1.76. The van der Waals surface area contributed by atoms with Gasteiger partial charge in [-0.05, 0) is 18.2 Å². The van der Waals surface area contributed by atoms with Gasteiger partial charge in [-0.2, -0.15) is 17.6 Å². The molecule has 12 N–H and O–H groups in total. The average Bonchev–Trinajstić information content (AvgIpc) is 3.30. The molecule has 2 fully saturated rings. The van der Waals surface area contributed by atoms with Gasteiger partial charge < -0.3 is 71.0 Å². The quantitative estimate of drug-likeness (QED) is 0.0558. The summed E-state index contributed by atoms with van der Waals surface area (Å²) in [5, 5.41) is 76.7. The van der Waals surface area contributed by atoms with Gasteiger partial charge in [0.15, 0.2) is 11.8 Å². The summed E-state index contributed by atoms with van der Waals surface area (Å²) in [6.07, 6.45) is -15.3. The number of ether oxygens (including phenoxy) is 2. The van der Waals surface area contributed by atoms with E-state index in [0.29, 0.717) is 12.2 Å². The summed E-state index contributed by atoms with van der Waals surface area (Å²) in [6, 6.07) is -0.440. The van der Waals surface area contributed by atoms with Crippen molar-refractivity contribution >= 4 is 43.8 Å². The number of carbonyl (C=O) groups excluding carboxylic acids is 2. The fourth-order valence-corrected chi connectivity index (χ4v) is 6.79. The molecule has 3 rings (SSSR count). The number of carboxylic acids is 1. The van der Waals surface area contributed by atoms with E-state index in [1.807, 2.05) is 0 Å². The minimum atomic E-state index is -5.10. The number of amides is 2. The number of thiol groups is 1. The molecule has 2 saturated heterocycles. The normalized spacial score (nSPS) is 31.4. The number of aromatic nitrogens is 2. The minimum absolute atomic E-state index is 0.0630. The zero-order chi connectivity index (χ0) is 36.0. The van der Waals surface area contributed by atoms with Crippen LogP contribution in [0.3, 0.4) is 0 Å². The van der Waals surface area contributed by atoms with E-state index in [1.165, 1.54) is 6.07 Å². The lowest BCUT2D eigenvalue weighted by molar-refractivity contribution is -0.224. The molecule has 2 aliphatic rings. The van der Waals surface area contributed by atoms with E-state index < -0.39 is 124 Å². The van der Waals surface area contributed by atoms with E-state index >= 15 is 0 Å². The molecule has 23 heteroatoms. The van der Waals surface area contributed by atoms with E-state index in [9.17, 15) is 64.4 Å². The van der Waals surface area contributed by atoms with Crippen LogP contribution >= 0.6 is 20.2 Å². The van der Waals surface area contributed by atoms with Gasteiger partial charge in [-0.1, -0.05) is 0 Å². The second-order valence-electron chi connectivity index (χ2n) is 11.3. The minimum Gasteiger partial charge on any atom is -0.479 e. The van der Waals surface area contributed by atoms with Crippen LogP contribution in [0.4, 0.5) is 5.82 Å². The molecular formula is C25H40N5O16PS. The maximum atomic E-state index is 13.2. The number of aliphatic hydroxyl groups excluding tert-OH is 6. The highest BCUT2D eigenvalue weighted by atomic mass is 32.1. The van der Waals surface area contributed by atoms with Gasteiger partial charge in [-0.15, -0.1) is 0 Å². The van der Waals surface area contributed by atoms with Crippen molar-refractivity contribution < 1.29 is 73.6 Å². The molecular weight excluding hydrogens is 689 g/mol. The second kappa shape index (κ2) is 16.8. The number of nitrogens with zero attached hydrogens (tertiary/aromatic N) is 2. The Kier molecular flexibility index (Phi) is 13.9. The molecule has 11 atom stereocenters. The Hall–Kier alpha value is -2.73. The number of aliphatic hydroxyl groups is 6. The summed E-state index contributed by atoms with van der Waals surface area (Å²) < 4.78 is 30.0. The lowest BCUT2D eigenvalue weighted by atomic mass is 9.84. The Morgan fingerprint density at radius 3 is 2.52 bits per heavy atom. The van der Waals surface area contributed by atoms with Crippen molar-refractivity contribution in [2.75, 3.05) is 37.4 Å². The van der Waals surface area contributed by atoms with Crippen molar-refractivity contribution in [3.05, 3.63) is 22.7 Å². The number of anilines is 1. The van der Waals surface area contributed by atoms with Crippen LogP contribution in [0.2, 0.25) is 0 Å². The van der Waals surface area contributed by atoms with Gasteiger partial charge >= 0.3 is 19.3 Å². The van der Waals surface area contributed by atoms with E-state index in [1.54, 1.807) is 0 Å². The van der Waals surface area contributed by atoms with Gasteiger partial charge in [-0.3, -0.25) is 18.7 Å². The highest BCUT2D eigenvalue weighted by molar-refractivity contribution is 7.80. The maximum Gasteiger partial charge on any atom is 0.351 e. The Morgan fingerprint density at radius 2 is 1.92 bits per heavy atom. The number of carbonyl (C=O) groups is 3. The van der Waals surface area contributed by atoms with E-state index in [0.717, 1.165) is 10.8 Å². The van der Waals surface area contributed by atoms with Gasteiger partial charge in [0.05, 0.1) is 38.1 Å². The van der Waals surface area contributed by atoms with Gasteiger partial charge in [0.25, 0.3) is 0 Å². The van der Waals surface area contributed by atoms with Gasteiger partial charge in [-0.25, -0.2) is 9.59 Å². The number of nitrogen functional groups attached to an aromatic ring is 1. The predicted octanol–water partition coefficient (Wildman–Crippen LogP) is -5.35. The van der Waals surface area contributed by atoms with Crippen LogP contribution in [-0.4, -0.2) is 154 Å². The molecule has 48 heavy (non-hydrogen) atoms. The third-order valence-corrected chi connectivity index (χ3v) is 9.45. The van der Waals surface area contributed by atoms with Crippen LogP contribution in [0, 0.1) is 0 Å². The Morgan fingerprint density at radius 1 is 1.23 bits per heavy atom. The topological polar surface area (TPSA) is 343 Å². The lowest BCUT2D eigenvalue weighted by Gasteiger charge is -2.47. The smallest absolute Gasteiger partial charge is 0.351 e. The largest absolute Gasteiger partial charge is 0.479 e. The molecule has 2 amide bonds. The van der Waals surface area contributed by atoms with Crippen LogP contribution in [0.1, 0.15) is 25.5 Å². The first-order chi connectivity index (χ1) is 22.4. The van der Waals surface area contributed by atoms with Crippen LogP contribution in [0.15, 0.2) is 17.1 Å². The number of hydrogen-bond donors (Lipinski definition) is 12. The van der Waals surface area contributed by atoms with Crippen molar-refractivity contribution in [3.63, 3.8) is 0 Å². The van der Waals surface area contributed by atoms with Gasteiger partial charge in [0.1, 0.15) is 42.4 Å². The molecule has 272 valence electrons. The van der Waals surface area contributed by atoms with Gasteiger partial charge in [0, 0.05) is 19.0 Å². The zero-order valence-electron chi connectivity index (χ0n) is 25.2. The molecule has 0 radical (unpaired) electrons. The van der Waals surface area contributed by atoms with Crippen molar-refractivity contribution in [2.45, 2.75) is 79.9 Å². The summed E-state index contributed by atoms with van der Waals surface area (Å²) in [6.45, 7) is -2.60. The van der Waals surface area contributed by atoms with Gasteiger partial charge in [0.2, 0.25) is 11.8 Å². The summed E-state index contributed by atoms with van der Waals surface area (Å²) in [5.41, 5.74) is 1.70. The van der Waals surface area contributed by atoms with Crippen molar-refractivity contribution in [1.29, 1.82) is 0 Å². The molecule has 1 aromatic rings. The number of hydrogen-bond acceptors (Lipinski definition) is 17. The number of carboxylic acid groups (broad SMARTS) is 1. The average molecular weight is 730 g/mol. The predicted molar refractivity (Wildman–Crippen MR) is 162 cm³/mol. The number of rotatable bonds is 16. The first kappa shape index (κ1) is 39.7. The molecule has 3 heterocycles. The maximum absolute atomic E-state index is 13.2. The molecule has 0 saturated carbocycles. The Bertz CT molecular complexity index is 1410. The molecule has 0 aromatic carbocycles. The number of nitrogens with two attached hydrogens (primary N) is 1. The van der Waals surface area contributed by atoms with E-state index in [4.69, 9.17) is 19.7 Å². The first-order valence-electron chi connectivity index (χ1n) is 14.5. The third kappa shape index (κ3) is 9.70. The Labute approximate surface area is 277 Å². The lowest BCUT2D eigenvalue weighted by Crippen LogP contribution is -2.68. The highest BCUT2D eigenvalue weighted by Gasteiger charge is 2.57. The third-order valence-electron chi connectivity index (χ3n) is 7.67. The monoisotopic (exact) mass is 729 g/mol. The fourth-order valence-electron chi connectivity index (χ4n) is 5.18. The SMILES string of the molecule is Nc1ccn([C@@H]2O[C@H](COP(=O)(O)C[C@@]3(C(=O)O)C[C@@H](O)[C@@H](NC(=O)CNC(=O)CCCS)C([C@H](O)[C@H](O)CO)O3)C(O)[C@@H]2O)c(=O)n1. The first-order valence-corrected chi connectivity index (χ1v) is 16.9. The molecule has 0 spiro atoms. The second-order valence-corrected chi connectivity index (χ2v) is 13.6. The zero-order valence-corrected chi connectivity index (χ0v) is 27.0. The van der Waals surface area contributed by atoms with Crippen LogP contribution in [0.5, 0.6) is 0 Å². The molecule has 0 bridgehead atoms. The molecule has 2 aliphatic heterocycles. The van der Waals surface area contributed by atoms with E-state index in [2.05, 4.69) is 28.2 Å². The summed E-state index contributed by atoms with van der Waals surface area (Å²) in [7, 11) is -5.10. The summed E-state index contributed by atoms with van der Waals surface area (Å²) in [5.74, 6) is -3.04. The van der Waals surface area contributed by atoms with Crippen molar-refractivity contribution in [1.82, 2.24) is 20.2 Å². The molecule has 21 nitrogen and oxygen atoms in total. The van der Waals surface area contributed by atoms with E-state index in [-0.39, 0.29) is 12.2 Å². The standard InChI is InChI=1S/C25H40N5O16PS/c26-14-3-4-30(24(41)28-14)22-20(38)19(37)13(45-22)9-44-47(42,43)10-25(23(39)40)6-11(32)17(21(46-25)18(36)12(33)8-31)29-16(35)7-27-15(34)2-1-5-48/h3-4,11-13,17-22,31-33,36-38,48H,1-2,5-10H2,(H,27,34)(H,29,35)(H,39,40)(H,42,43)(H2,26,28,41)/t11-,12-,13-,17-,18-,19?,20+,21?,22-,25-/m1/s1. The van der Waals surface area contributed by atoms with Crippen LogP contribution in [0.25, 0.3) is 0 Å².